The largest absolute Gasteiger partial charge is 0.550 e. The predicted molar refractivity (Wildman–Crippen MR) is 70.3 cm³/mol. The third-order valence-corrected chi connectivity index (χ3v) is 3.19. The van der Waals surface area contributed by atoms with Crippen molar-refractivity contribution in [1.29, 1.82) is 0 Å². The van der Waals surface area contributed by atoms with Crippen LogP contribution in [0.15, 0.2) is 0 Å². The van der Waals surface area contributed by atoms with Crippen molar-refractivity contribution >= 4 is 6.16 Å². The highest BCUT2D eigenvalue weighted by Gasteiger charge is 2.19. The number of carbonyl (C=O) groups excluding carboxylic acids is 1. The molecule has 0 radical (unpaired) electrons. The summed E-state index contributed by atoms with van der Waals surface area (Å²) in [5, 5.41) is 9.27. The van der Waals surface area contributed by atoms with Gasteiger partial charge in [0.1, 0.15) is 6.54 Å². The van der Waals surface area contributed by atoms with Gasteiger partial charge in [-0.1, -0.05) is 0 Å². The van der Waals surface area contributed by atoms with Crippen LogP contribution in [0.5, 0.6) is 0 Å². The average molecular weight is 263 g/mol. The molecule has 0 aliphatic heterocycles. The van der Waals surface area contributed by atoms with E-state index in [9.17, 15) is 9.90 Å². The molecule has 0 aliphatic carbocycles. The second-order valence-corrected chi connectivity index (χ2v) is 3.89. The first-order chi connectivity index (χ1) is 8.51. The molecule has 0 aromatic carbocycles. The Morgan fingerprint density at radius 3 is 1.72 bits per heavy atom. The number of likely N-dealkylation sites (N-methyl/N-ethyl adjacent to an activating group) is 1. The summed E-state index contributed by atoms with van der Waals surface area (Å²) < 4.78 is 10.4. The molecule has 0 saturated heterocycles. The van der Waals surface area contributed by atoms with Gasteiger partial charge in [-0.2, -0.15) is 0 Å². The molecule has 0 unspecified atom stereocenters. The summed E-state index contributed by atoms with van der Waals surface area (Å²) in [6, 6.07) is 0. The molecule has 0 aromatic rings. The van der Waals surface area contributed by atoms with Crippen LogP contribution in [0.1, 0.15) is 34.6 Å². The zero-order chi connectivity index (χ0) is 14.4. The van der Waals surface area contributed by atoms with Crippen LogP contribution in [0.2, 0.25) is 0 Å². The van der Waals surface area contributed by atoms with Gasteiger partial charge in [0.25, 0.3) is 6.16 Å². The molecule has 18 heavy (non-hydrogen) atoms. The predicted octanol–water partition coefficient (Wildman–Crippen LogP) is 1.27. The van der Waals surface area contributed by atoms with Gasteiger partial charge in [-0.3, -0.25) is 0 Å². The number of ether oxygens (including phenoxy) is 2. The molecule has 0 fully saturated rings. The highest BCUT2D eigenvalue weighted by atomic mass is 16.7. The van der Waals surface area contributed by atoms with Crippen molar-refractivity contribution in [3.05, 3.63) is 0 Å². The van der Waals surface area contributed by atoms with Gasteiger partial charge in [-0.15, -0.1) is 0 Å². The SMILES string of the molecule is CCOC(=O)[O-].CCOCC[N+](CC)(CC)CC. The number of quaternary nitrogens is 1. The van der Waals surface area contributed by atoms with E-state index in [0.717, 1.165) is 19.8 Å². The molecule has 0 aromatic heterocycles. The molecule has 0 atom stereocenters. The maximum absolute atomic E-state index is 9.27. The summed E-state index contributed by atoms with van der Waals surface area (Å²) in [6.45, 7) is 17.2. The Morgan fingerprint density at radius 1 is 1.00 bits per heavy atom. The third-order valence-electron chi connectivity index (χ3n) is 3.19. The molecule has 110 valence electrons. The smallest absolute Gasteiger partial charge is 0.251 e. The van der Waals surface area contributed by atoms with Gasteiger partial charge in [0, 0.05) is 13.2 Å². The summed E-state index contributed by atoms with van der Waals surface area (Å²) >= 11 is 0. The maximum atomic E-state index is 9.27. The number of rotatable bonds is 8. The van der Waals surface area contributed by atoms with Gasteiger partial charge >= 0.3 is 0 Å². The summed E-state index contributed by atoms with van der Waals surface area (Å²) in [5.74, 6) is 0. The first-order valence-electron chi connectivity index (χ1n) is 6.78. The molecule has 0 aliphatic rings. The van der Waals surface area contributed by atoms with Crippen LogP contribution in [-0.2, 0) is 9.47 Å². The zero-order valence-corrected chi connectivity index (χ0v) is 12.5. The van der Waals surface area contributed by atoms with Crippen molar-refractivity contribution in [2.75, 3.05) is 46.0 Å². The van der Waals surface area contributed by atoms with Crippen LogP contribution in [0, 0.1) is 0 Å². The monoisotopic (exact) mass is 263 g/mol. The van der Waals surface area contributed by atoms with Gasteiger partial charge in [0.05, 0.1) is 26.2 Å². The Hall–Kier alpha value is -0.810. The van der Waals surface area contributed by atoms with E-state index in [1.54, 1.807) is 6.92 Å². The molecule has 0 spiro atoms. The first-order valence-corrected chi connectivity index (χ1v) is 6.78. The Labute approximate surface area is 111 Å². The minimum absolute atomic E-state index is 0.169. The minimum atomic E-state index is -1.46. The number of carboxylic acid groups (broad SMARTS) is 1. The fourth-order valence-electron chi connectivity index (χ4n) is 1.67. The van der Waals surface area contributed by atoms with Gasteiger partial charge in [0.15, 0.2) is 0 Å². The Kier molecular flexibility index (Phi) is 13.7. The molecule has 0 rings (SSSR count). The lowest BCUT2D eigenvalue weighted by Crippen LogP contribution is -2.49. The molecule has 0 saturated carbocycles. The molecule has 5 nitrogen and oxygen atoms in total. The lowest BCUT2D eigenvalue weighted by atomic mass is 10.3. The summed E-state index contributed by atoms with van der Waals surface area (Å²) in [7, 11) is 0. The van der Waals surface area contributed by atoms with Crippen molar-refractivity contribution in [2.45, 2.75) is 34.6 Å². The summed E-state index contributed by atoms with van der Waals surface area (Å²) in [6.07, 6.45) is -1.46. The van der Waals surface area contributed by atoms with E-state index in [2.05, 4.69) is 32.4 Å². The maximum Gasteiger partial charge on any atom is 0.251 e. The van der Waals surface area contributed by atoms with E-state index in [-0.39, 0.29) is 6.61 Å². The van der Waals surface area contributed by atoms with E-state index in [1.165, 1.54) is 24.1 Å². The van der Waals surface area contributed by atoms with Crippen molar-refractivity contribution in [3.8, 4) is 0 Å². The lowest BCUT2D eigenvalue weighted by Gasteiger charge is -2.35. The molecular formula is C13H29NO4. The van der Waals surface area contributed by atoms with Crippen LogP contribution in [0.4, 0.5) is 4.79 Å². The molecule has 0 amide bonds. The van der Waals surface area contributed by atoms with E-state index >= 15 is 0 Å². The van der Waals surface area contributed by atoms with Gasteiger partial charge in [-0.05, 0) is 34.6 Å². The van der Waals surface area contributed by atoms with Crippen LogP contribution < -0.4 is 5.11 Å². The quantitative estimate of drug-likeness (QED) is 0.376. The van der Waals surface area contributed by atoms with E-state index in [0.29, 0.717) is 0 Å². The highest BCUT2D eigenvalue weighted by Crippen LogP contribution is 2.04. The first kappa shape index (κ1) is 19.5. The standard InChI is InChI=1S/C10H24NO.C3H6O3/c1-5-11(6-2,7-3)9-10-12-8-4;1-2-6-3(4)5/h5-10H2,1-4H3;2H2,1H3,(H,4,5)/q+1;/p-1. The van der Waals surface area contributed by atoms with Crippen molar-refractivity contribution in [2.24, 2.45) is 0 Å². The van der Waals surface area contributed by atoms with Crippen molar-refractivity contribution < 1.29 is 23.9 Å². The summed E-state index contributed by atoms with van der Waals surface area (Å²) in [5.41, 5.74) is 0. The second kappa shape index (κ2) is 12.6. The van der Waals surface area contributed by atoms with Gasteiger partial charge in [0.2, 0.25) is 0 Å². The Balaban J connectivity index is 0. The van der Waals surface area contributed by atoms with E-state index in [4.69, 9.17) is 4.74 Å². The minimum Gasteiger partial charge on any atom is -0.550 e. The van der Waals surface area contributed by atoms with Crippen LogP contribution in [0.25, 0.3) is 0 Å². The normalized spacial score (nSPS) is 10.5. The second-order valence-electron chi connectivity index (χ2n) is 3.89. The van der Waals surface area contributed by atoms with Crippen LogP contribution >= 0.6 is 0 Å². The van der Waals surface area contributed by atoms with E-state index < -0.39 is 6.16 Å². The number of hydrogen-bond donors (Lipinski definition) is 0. The fraction of sp³-hybridized carbons (Fsp3) is 0.923. The van der Waals surface area contributed by atoms with Crippen molar-refractivity contribution in [1.82, 2.24) is 0 Å². The average Bonchev–Trinajstić information content (AvgIpc) is 2.36. The fourth-order valence-corrected chi connectivity index (χ4v) is 1.67. The highest BCUT2D eigenvalue weighted by molar-refractivity contribution is 5.53. The Morgan fingerprint density at radius 2 is 1.50 bits per heavy atom. The Bertz CT molecular complexity index is 185. The third kappa shape index (κ3) is 10.4. The number of nitrogens with zero attached hydrogens (tertiary/aromatic N) is 1. The molecule has 0 bridgehead atoms. The van der Waals surface area contributed by atoms with Crippen LogP contribution in [0.3, 0.4) is 0 Å². The molecule has 0 heterocycles. The van der Waals surface area contributed by atoms with E-state index in [1.807, 2.05) is 0 Å². The number of hydrogen-bond acceptors (Lipinski definition) is 4. The molecule has 0 N–H and O–H groups in total. The van der Waals surface area contributed by atoms with Crippen LogP contribution in [-0.4, -0.2) is 56.6 Å². The lowest BCUT2D eigenvalue weighted by molar-refractivity contribution is -0.923. The van der Waals surface area contributed by atoms with Gasteiger partial charge in [-0.25, -0.2) is 0 Å². The van der Waals surface area contributed by atoms with Gasteiger partial charge < -0.3 is 23.9 Å². The van der Waals surface area contributed by atoms with Crippen molar-refractivity contribution in [3.63, 3.8) is 0 Å². The number of carbonyl (C=O) groups is 1. The topological polar surface area (TPSA) is 58.6 Å². The molecular weight excluding hydrogens is 234 g/mol. The molecule has 5 heteroatoms. The summed E-state index contributed by atoms with van der Waals surface area (Å²) in [4.78, 5) is 9.27. The zero-order valence-electron chi connectivity index (χ0n) is 12.5.